The molecule has 1 aliphatic heterocycles. The summed E-state index contributed by atoms with van der Waals surface area (Å²) in [5, 5.41) is 17.3. The van der Waals surface area contributed by atoms with Crippen molar-refractivity contribution in [2.75, 3.05) is 44.8 Å². The third-order valence-corrected chi connectivity index (χ3v) is 6.33. The molecule has 8 nitrogen and oxygen atoms in total. The van der Waals surface area contributed by atoms with Crippen molar-refractivity contribution in [2.45, 2.75) is 18.9 Å². The smallest absolute Gasteiger partial charge is 0.272 e. The molecule has 1 amide bonds. The normalized spacial score (nSPS) is 14.3. The van der Waals surface area contributed by atoms with Gasteiger partial charge in [-0.15, -0.1) is 0 Å². The molecule has 4 N–H and O–H groups in total. The first kappa shape index (κ1) is 24.0. The summed E-state index contributed by atoms with van der Waals surface area (Å²) < 4.78 is 5.55. The van der Waals surface area contributed by atoms with Crippen molar-refractivity contribution in [3.8, 4) is 23.1 Å². The van der Waals surface area contributed by atoms with Crippen LogP contribution in [0.25, 0.3) is 22.0 Å². The summed E-state index contributed by atoms with van der Waals surface area (Å²) in [6.45, 7) is 5.95. The number of nitrogens with zero attached hydrogens (tertiary/aromatic N) is 3. The van der Waals surface area contributed by atoms with E-state index < -0.39 is 0 Å². The van der Waals surface area contributed by atoms with E-state index in [0.717, 1.165) is 48.0 Å². The van der Waals surface area contributed by atoms with Crippen LogP contribution in [0.3, 0.4) is 0 Å². The van der Waals surface area contributed by atoms with E-state index in [1.165, 1.54) is 0 Å². The number of ether oxygens (including phenoxy) is 1. The second kappa shape index (κ2) is 10.5. The summed E-state index contributed by atoms with van der Waals surface area (Å²) in [4.78, 5) is 19.9. The Morgan fingerprint density at radius 2 is 2.00 bits per heavy atom. The summed E-state index contributed by atoms with van der Waals surface area (Å²) in [6, 6.07) is 15.5. The van der Waals surface area contributed by atoms with Crippen LogP contribution >= 0.6 is 0 Å². The molecule has 1 aliphatic rings. The fourth-order valence-electron chi connectivity index (χ4n) is 4.27. The standard InChI is InChI=1S/C27H30N6O2/c1-17(15-28)16-30-25-21-14-19(5-4-18(21)6-9-24(25)35-3)23-8-7-22(29)26(32-23)27(34)31-20-10-12-33(2)13-11-20/h4-9,14,20,30H,1,10-13,16,29H2,2-3H3,(H,31,34). The lowest BCUT2D eigenvalue weighted by molar-refractivity contribution is 0.0913. The van der Waals surface area contributed by atoms with Gasteiger partial charge in [-0.05, 0) is 62.6 Å². The molecule has 0 aliphatic carbocycles. The number of nitrogens with two attached hydrogens (primary N) is 1. The Morgan fingerprint density at radius 1 is 1.26 bits per heavy atom. The molecule has 4 rings (SSSR count). The van der Waals surface area contributed by atoms with Crippen molar-refractivity contribution in [3.63, 3.8) is 0 Å². The summed E-state index contributed by atoms with van der Waals surface area (Å²) in [7, 11) is 3.69. The quantitative estimate of drug-likeness (QED) is 0.450. The second-order valence-corrected chi connectivity index (χ2v) is 8.83. The molecule has 180 valence electrons. The molecule has 1 fully saturated rings. The molecule has 3 aromatic rings. The largest absolute Gasteiger partial charge is 0.495 e. The van der Waals surface area contributed by atoms with Crippen LogP contribution in [0.4, 0.5) is 11.4 Å². The number of hydrogen-bond donors (Lipinski definition) is 3. The second-order valence-electron chi connectivity index (χ2n) is 8.83. The molecule has 2 heterocycles. The number of fused-ring (bicyclic) bond motifs is 1. The van der Waals surface area contributed by atoms with Crippen LogP contribution < -0.4 is 21.1 Å². The number of nitrogens with one attached hydrogen (secondary N) is 2. The van der Waals surface area contributed by atoms with Gasteiger partial charge in [0.25, 0.3) is 5.91 Å². The fourth-order valence-corrected chi connectivity index (χ4v) is 4.27. The average molecular weight is 471 g/mol. The number of likely N-dealkylation sites (tertiary alicyclic amines) is 1. The van der Waals surface area contributed by atoms with E-state index in [9.17, 15) is 4.79 Å². The van der Waals surface area contributed by atoms with E-state index in [-0.39, 0.29) is 17.6 Å². The highest BCUT2D eigenvalue weighted by Crippen LogP contribution is 2.36. The third kappa shape index (κ3) is 5.36. The monoisotopic (exact) mass is 470 g/mol. The number of carbonyl (C=O) groups is 1. The van der Waals surface area contributed by atoms with Crippen molar-refractivity contribution in [2.24, 2.45) is 0 Å². The summed E-state index contributed by atoms with van der Waals surface area (Å²) in [5.41, 5.74) is 9.37. The number of nitriles is 1. The molecule has 0 saturated carbocycles. The van der Waals surface area contributed by atoms with Crippen LogP contribution in [-0.4, -0.2) is 55.6 Å². The van der Waals surface area contributed by atoms with Gasteiger partial charge in [-0.25, -0.2) is 4.98 Å². The number of piperidine rings is 1. The lowest BCUT2D eigenvalue weighted by atomic mass is 10.0. The van der Waals surface area contributed by atoms with Crippen LogP contribution in [0.15, 0.2) is 54.6 Å². The van der Waals surface area contributed by atoms with Gasteiger partial charge in [-0.3, -0.25) is 4.79 Å². The Morgan fingerprint density at radius 3 is 2.71 bits per heavy atom. The predicted octanol–water partition coefficient (Wildman–Crippen LogP) is 3.81. The first-order valence-corrected chi connectivity index (χ1v) is 11.6. The van der Waals surface area contributed by atoms with Crippen LogP contribution in [0.5, 0.6) is 5.75 Å². The molecular weight excluding hydrogens is 440 g/mol. The van der Waals surface area contributed by atoms with Gasteiger partial charge in [0.15, 0.2) is 5.69 Å². The zero-order valence-electron chi connectivity index (χ0n) is 20.1. The number of rotatable bonds is 7. The Kier molecular flexibility index (Phi) is 7.18. The van der Waals surface area contributed by atoms with Gasteiger partial charge < -0.3 is 26.0 Å². The number of amides is 1. The summed E-state index contributed by atoms with van der Waals surface area (Å²) in [5.74, 6) is 0.405. The maximum absolute atomic E-state index is 13.0. The van der Waals surface area contributed by atoms with Crippen molar-refractivity contribution >= 4 is 28.1 Å². The Balaban J connectivity index is 1.66. The average Bonchev–Trinajstić information content (AvgIpc) is 2.88. The highest BCUT2D eigenvalue weighted by molar-refractivity contribution is 6.00. The zero-order valence-corrected chi connectivity index (χ0v) is 20.1. The molecule has 0 atom stereocenters. The Bertz CT molecular complexity index is 1310. The van der Waals surface area contributed by atoms with Crippen LogP contribution in [0.2, 0.25) is 0 Å². The number of nitrogen functional groups attached to an aromatic ring is 1. The van der Waals surface area contributed by atoms with Crippen molar-refractivity contribution < 1.29 is 9.53 Å². The molecule has 0 radical (unpaired) electrons. The van der Waals surface area contributed by atoms with Gasteiger partial charge in [0.05, 0.1) is 30.2 Å². The molecule has 0 bridgehead atoms. The molecule has 1 saturated heterocycles. The van der Waals surface area contributed by atoms with Gasteiger partial charge in [-0.2, -0.15) is 5.26 Å². The van der Waals surface area contributed by atoms with Crippen molar-refractivity contribution in [1.29, 1.82) is 5.26 Å². The minimum Gasteiger partial charge on any atom is -0.495 e. The molecule has 2 aromatic carbocycles. The fraction of sp³-hybridized carbons (Fsp3) is 0.296. The van der Waals surface area contributed by atoms with Gasteiger partial charge >= 0.3 is 0 Å². The van der Waals surface area contributed by atoms with Crippen molar-refractivity contribution in [1.82, 2.24) is 15.2 Å². The summed E-state index contributed by atoms with van der Waals surface area (Å²) >= 11 is 0. The van der Waals surface area contributed by atoms with Gasteiger partial charge in [-0.1, -0.05) is 24.8 Å². The highest BCUT2D eigenvalue weighted by atomic mass is 16.5. The van der Waals surface area contributed by atoms with E-state index >= 15 is 0 Å². The number of aromatic nitrogens is 1. The molecule has 8 heteroatoms. The van der Waals surface area contributed by atoms with E-state index in [0.29, 0.717) is 29.2 Å². The van der Waals surface area contributed by atoms with E-state index in [4.69, 9.17) is 15.7 Å². The number of methoxy groups -OCH3 is 1. The van der Waals surface area contributed by atoms with E-state index in [1.807, 2.05) is 36.4 Å². The number of pyridine rings is 1. The number of hydrogen-bond acceptors (Lipinski definition) is 7. The molecular formula is C27H30N6O2. The number of anilines is 2. The number of benzene rings is 2. The predicted molar refractivity (Wildman–Crippen MR) is 139 cm³/mol. The van der Waals surface area contributed by atoms with E-state index in [2.05, 4.69) is 40.2 Å². The lowest BCUT2D eigenvalue weighted by Gasteiger charge is -2.29. The first-order chi connectivity index (χ1) is 16.9. The van der Waals surface area contributed by atoms with Crippen LogP contribution in [-0.2, 0) is 0 Å². The third-order valence-electron chi connectivity index (χ3n) is 6.33. The van der Waals surface area contributed by atoms with Crippen molar-refractivity contribution in [3.05, 3.63) is 60.3 Å². The number of carbonyl (C=O) groups excluding carboxylic acids is 1. The summed E-state index contributed by atoms with van der Waals surface area (Å²) in [6.07, 6.45) is 1.81. The zero-order chi connectivity index (χ0) is 24.9. The minimum absolute atomic E-state index is 0.119. The maximum atomic E-state index is 13.0. The van der Waals surface area contributed by atoms with E-state index in [1.54, 1.807) is 13.2 Å². The van der Waals surface area contributed by atoms with Crippen LogP contribution in [0.1, 0.15) is 23.3 Å². The Labute approximate surface area is 205 Å². The molecule has 0 spiro atoms. The minimum atomic E-state index is -0.251. The molecule has 35 heavy (non-hydrogen) atoms. The SMILES string of the molecule is C=C(C#N)CNc1c(OC)ccc2ccc(-c3ccc(N)c(C(=O)NC4CCN(C)CC4)n3)cc12. The van der Waals surface area contributed by atoms with Gasteiger partial charge in [0.1, 0.15) is 5.75 Å². The highest BCUT2D eigenvalue weighted by Gasteiger charge is 2.21. The topological polar surface area (TPSA) is 116 Å². The molecule has 0 unspecified atom stereocenters. The maximum Gasteiger partial charge on any atom is 0.272 e. The van der Waals surface area contributed by atoms with Crippen LogP contribution in [0, 0.1) is 11.3 Å². The van der Waals surface area contributed by atoms with Gasteiger partial charge in [0, 0.05) is 29.1 Å². The lowest BCUT2D eigenvalue weighted by Crippen LogP contribution is -2.43. The Hall–Kier alpha value is -4.09. The van der Waals surface area contributed by atoms with Gasteiger partial charge in [0.2, 0.25) is 0 Å². The molecule has 1 aromatic heterocycles. The first-order valence-electron chi connectivity index (χ1n) is 11.6.